The minimum absolute atomic E-state index is 0.0736. The SMILES string of the molecule is C[C@@H](O)c1cccc(N/C=C/C(=O)c2cccc(Br)c2)c1. The van der Waals surface area contributed by atoms with Crippen molar-refractivity contribution in [1.82, 2.24) is 0 Å². The predicted molar refractivity (Wildman–Crippen MR) is 88.3 cm³/mol. The number of carbonyl (C=O) groups excluding carboxylic acids is 1. The number of hydrogen-bond acceptors (Lipinski definition) is 3. The highest BCUT2D eigenvalue weighted by Crippen LogP contribution is 2.17. The molecule has 2 N–H and O–H groups in total. The first-order valence-corrected chi connectivity index (χ1v) is 7.36. The molecule has 0 unspecified atom stereocenters. The van der Waals surface area contributed by atoms with Crippen LogP contribution >= 0.6 is 15.9 Å². The summed E-state index contributed by atoms with van der Waals surface area (Å²) in [4.78, 5) is 12.0. The fraction of sp³-hybridized carbons (Fsp3) is 0.118. The Morgan fingerprint density at radius 2 is 2.00 bits per heavy atom. The molecule has 0 aromatic heterocycles. The maximum Gasteiger partial charge on any atom is 0.187 e. The van der Waals surface area contributed by atoms with Gasteiger partial charge in [0.2, 0.25) is 0 Å². The summed E-state index contributed by atoms with van der Waals surface area (Å²) in [5.41, 5.74) is 2.28. The molecule has 108 valence electrons. The van der Waals surface area contributed by atoms with Gasteiger partial charge in [0, 0.05) is 28.0 Å². The van der Waals surface area contributed by atoms with Crippen molar-refractivity contribution in [3.05, 3.63) is 76.4 Å². The number of allylic oxidation sites excluding steroid dienone is 1. The molecule has 0 spiro atoms. The van der Waals surface area contributed by atoms with Crippen molar-refractivity contribution in [3.63, 3.8) is 0 Å². The van der Waals surface area contributed by atoms with Crippen molar-refractivity contribution in [3.8, 4) is 0 Å². The number of aliphatic hydroxyl groups is 1. The fourth-order valence-corrected chi connectivity index (χ4v) is 2.24. The quantitative estimate of drug-likeness (QED) is 0.627. The molecule has 0 saturated heterocycles. The van der Waals surface area contributed by atoms with Crippen LogP contribution in [0.1, 0.15) is 28.9 Å². The number of aliphatic hydroxyl groups excluding tert-OH is 1. The third-order valence-corrected chi connectivity index (χ3v) is 3.46. The van der Waals surface area contributed by atoms with E-state index in [1.165, 1.54) is 6.08 Å². The van der Waals surface area contributed by atoms with Crippen LogP contribution in [0.5, 0.6) is 0 Å². The minimum Gasteiger partial charge on any atom is -0.389 e. The molecule has 0 saturated carbocycles. The van der Waals surface area contributed by atoms with Gasteiger partial charge in [-0.3, -0.25) is 4.79 Å². The van der Waals surface area contributed by atoms with Gasteiger partial charge in [0.1, 0.15) is 0 Å². The van der Waals surface area contributed by atoms with Gasteiger partial charge in [-0.2, -0.15) is 0 Å². The summed E-state index contributed by atoms with van der Waals surface area (Å²) in [7, 11) is 0. The molecular weight excluding hydrogens is 330 g/mol. The molecule has 0 aliphatic rings. The monoisotopic (exact) mass is 345 g/mol. The highest BCUT2D eigenvalue weighted by atomic mass is 79.9. The molecule has 0 amide bonds. The van der Waals surface area contributed by atoms with Crippen LogP contribution < -0.4 is 5.32 Å². The van der Waals surface area contributed by atoms with E-state index in [0.717, 1.165) is 15.7 Å². The third-order valence-electron chi connectivity index (χ3n) is 2.96. The Labute approximate surface area is 132 Å². The van der Waals surface area contributed by atoms with Crippen molar-refractivity contribution in [1.29, 1.82) is 0 Å². The molecule has 0 aliphatic heterocycles. The standard InChI is InChI=1S/C17H16BrNO2/c1-12(20)13-4-3-7-16(11-13)19-9-8-17(21)14-5-2-6-15(18)10-14/h2-12,19-20H,1H3/b9-8+/t12-/m1/s1. The van der Waals surface area contributed by atoms with Gasteiger partial charge < -0.3 is 10.4 Å². The second-order valence-electron chi connectivity index (χ2n) is 4.65. The minimum atomic E-state index is -0.515. The van der Waals surface area contributed by atoms with E-state index in [1.807, 2.05) is 36.4 Å². The Morgan fingerprint density at radius 1 is 1.24 bits per heavy atom. The van der Waals surface area contributed by atoms with Gasteiger partial charge in [0.25, 0.3) is 0 Å². The summed E-state index contributed by atoms with van der Waals surface area (Å²) in [6.07, 6.45) is 2.57. The van der Waals surface area contributed by atoms with E-state index in [9.17, 15) is 9.90 Å². The number of hydrogen-bond donors (Lipinski definition) is 2. The maximum absolute atomic E-state index is 12.0. The molecular formula is C17H16BrNO2. The number of halogens is 1. The van der Waals surface area contributed by atoms with E-state index in [1.54, 1.807) is 25.3 Å². The Morgan fingerprint density at radius 3 is 2.71 bits per heavy atom. The maximum atomic E-state index is 12.0. The Bertz CT molecular complexity index is 665. The molecule has 0 radical (unpaired) electrons. The molecule has 0 bridgehead atoms. The smallest absolute Gasteiger partial charge is 0.187 e. The van der Waals surface area contributed by atoms with Crippen molar-refractivity contribution in [2.45, 2.75) is 13.0 Å². The highest BCUT2D eigenvalue weighted by Gasteiger charge is 2.02. The van der Waals surface area contributed by atoms with Crippen LogP contribution in [-0.2, 0) is 0 Å². The third kappa shape index (κ3) is 4.55. The largest absolute Gasteiger partial charge is 0.389 e. The summed E-state index contributed by atoms with van der Waals surface area (Å²) < 4.78 is 0.874. The molecule has 3 nitrogen and oxygen atoms in total. The van der Waals surface area contributed by atoms with E-state index in [2.05, 4.69) is 21.2 Å². The lowest BCUT2D eigenvalue weighted by atomic mass is 10.1. The summed E-state index contributed by atoms with van der Waals surface area (Å²) in [6, 6.07) is 14.7. The molecule has 2 aromatic rings. The van der Waals surface area contributed by atoms with Crippen LogP contribution in [0.25, 0.3) is 0 Å². The number of anilines is 1. The van der Waals surface area contributed by atoms with Gasteiger partial charge in [0.05, 0.1) is 6.10 Å². The normalized spacial score (nSPS) is 12.3. The predicted octanol–water partition coefficient (Wildman–Crippen LogP) is 4.31. The van der Waals surface area contributed by atoms with Gasteiger partial charge in [-0.05, 0) is 36.8 Å². The zero-order chi connectivity index (χ0) is 15.2. The molecule has 0 heterocycles. The Balaban J connectivity index is 2.02. The Hall–Kier alpha value is -1.91. The van der Waals surface area contributed by atoms with Crippen LogP contribution in [0.4, 0.5) is 5.69 Å². The van der Waals surface area contributed by atoms with Gasteiger partial charge in [-0.15, -0.1) is 0 Å². The topological polar surface area (TPSA) is 49.3 Å². The molecule has 0 aliphatic carbocycles. The first-order valence-electron chi connectivity index (χ1n) is 6.57. The molecule has 21 heavy (non-hydrogen) atoms. The van der Waals surface area contributed by atoms with Crippen molar-refractivity contribution in [2.75, 3.05) is 5.32 Å². The van der Waals surface area contributed by atoms with E-state index in [4.69, 9.17) is 0 Å². The number of nitrogens with one attached hydrogen (secondary N) is 1. The lowest BCUT2D eigenvalue weighted by Gasteiger charge is -2.07. The molecule has 2 rings (SSSR count). The lowest BCUT2D eigenvalue weighted by Crippen LogP contribution is -1.97. The molecule has 2 aromatic carbocycles. The zero-order valence-corrected chi connectivity index (χ0v) is 13.2. The number of benzene rings is 2. The molecule has 1 atom stereocenters. The van der Waals surface area contributed by atoms with E-state index < -0.39 is 6.10 Å². The van der Waals surface area contributed by atoms with Crippen LogP contribution in [0.3, 0.4) is 0 Å². The van der Waals surface area contributed by atoms with Crippen LogP contribution in [-0.4, -0.2) is 10.9 Å². The second-order valence-corrected chi connectivity index (χ2v) is 5.57. The number of rotatable bonds is 5. The van der Waals surface area contributed by atoms with Crippen LogP contribution in [0, 0.1) is 0 Å². The Kier molecular flexibility index (Phi) is 5.31. The average molecular weight is 346 g/mol. The summed E-state index contributed by atoms with van der Waals surface area (Å²) in [6.45, 7) is 1.71. The molecule has 4 heteroatoms. The van der Waals surface area contributed by atoms with E-state index >= 15 is 0 Å². The van der Waals surface area contributed by atoms with Crippen LogP contribution in [0.2, 0.25) is 0 Å². The van der Waals surface area contributed by atoms with Gasteiger partial charge in [0.15, 0.2) is 5.78 Å². The summed E-state index contributed by atoms with van der Waals surface area (Å²) in [5.74, 6) is -0.0736. The number of carbonyl (C=O) groups is 1. The van der Waals surface area contributed by atoms with Crippen LogP contribution in [0.15, 0.2) is 65.3 Å². The second kappa shape index (κ2) is 7.20. The van der Waals surface area contributed by atoms with Crippen molar-refractivity contribution >= 4 is 27.4 Å². The summed E-state index contributed by atoms with van der Waals surface area (Å²) in [5, 5.41) is 12.6. The van der Waals surface area contributed by atoms with Gasteiger partial charge in [-0.1, -0.05) is 40.2 Å². The highest BCUT2D eigenvalue weighted by molar-refractivity contribution is 9.10. The first kappa shape index (κ1) is 15.5. The fourth-order valence-electron chi connectivity index (χ4n) is 1.84. The first-order chi connectivity index (χ1) is 10.1. The van der Waals surface area contributed by atoms with E-state index in [0.29, 0.717) is 5.56 Å². The van der Waals surface area contributed by atoms with E-state index in [-0.39, 0.29) is 5.78 Å². The number of ketones is 1. The van der Waals surface area contributed by atoms with Crippen molar-refractivity contribution in [2.24, 2.45) is 0 Å². The van der Waals surface area contributed by atoms with Crippen molar-refractivity contribution < 1.29 is 9.90 Å². The zero-order valence-electron chi connectivity index (χ0n) is 11.6. The molecule has 0 fully saturated rings. The van der Waals surface area contributed by atoms with Gasteiger partial charge in [-0.25, -0.2) is 0 Å². The lowest BCUT2D eigenvalue weighted by molar-refractivity contribution is 0.104. The van der Waals surface area contributed by atoms with Gasteiger partial charge >= 0.3 is 0 Å². The summed E-state index contributed by atoms with van der Waals surface area (Å²) >= 11 is 3.34. The average Bonchev–Trinajstić information content (AvgIpc) is 2.47.